The van der Waals surface area contributed by atoms with Crippen LogP contribution in [0.2, 0.25) is 0 Å². The lowest BCUT2D eigenvalue weighted by atomic mass is 9.87. The van der Waals surface area contributed by atoms with Crippen molar-refractivity contribution in [2.75, 3.05) is 6.54 Å². The molecule has 3 nitrogen and oxygen atoms in total. The maximum Gasteiger partial charge on any atom is 0.111 e. The lowest BCUT2D eigenvalue weighted by Crippen LogP contribution is -2.23. The molecule has 1 heterocycles. The molecule has 0 spiro atoms. The molecule has 0 atom stereocenters. The van der Waals surface area contributed by atoms with E-state index in [0.29, 0.717) is 12.5 Å². The Hall–Kier alpha value is -0.830. The molecule has 0 saturated heterocycles. The van der Waals surface area contributed by atoms with E-state index in [4.69, 9.17) is 5.73 Å². The Kier molecular flexibility index (Phi) is 3.87. The zero-order valence-electron chi connectivity index (χ0n) is 11.1. The third kappa shape index (κ3) is 2.89. The highest BCUT2D eigenvalue weighted by molar-refractivity contribution is 5.13. The Morgan fingerprint density at radius 2 is 2.06 bits per heavy atom. The second kappa shape index (κ2) is 5.21. The van der Waals surface area contributed by atoms with Crippen LogP contribution in [0.25, 0.3) is 0 Å². The lowest BCUT2D eigenvalue weighted by Gasteiger charge is -2.22. The van der Waals surface area contributed by atoms with E-state index in [2.05, 4.69) is 23.8 Å². The molecule has 1 fully saturated rings. The van der Waals surface area contributed by atoms with Gasteiger partial charge in [0.15, 0.2) is 0 Å². The van der Waals surface area contributed by atoms with Crippen molar-refractivity contribution in [1.29, 1.82) is 0 Å². The number of nitrogens with one attached hydrogen (secondary N) is 1. The molecule has 2 rings (SSSR count). The zero-order chi connectivity index (χ0) is 12.3. The van der Waals surface area contributed by atoms with E-state index >= 15 is 0 Å². The van der Waals surface area contributed by atoms with E-state index < -0.39 is 0 Å². The first-order chi connectivity index (χ1) is 8.13. The van der Waals surface area contributed by atoms with Gasteiger partial charge in [0, 0.05) is 23.2 Å². The Balaban J connectivity index is 2.09. The number of rotatable bonds is 4. The van der Waals surface area contributed by atoms with Crippen molar-refractivity contribution >= 4 is 0 Å². The first-order valence-corrected chi connectivity index (χ1v) is 6.89. The number of aromatic amines is 1. The molecule has 1 aromatic heterocycles. The van der Waals surface area contributed by atoms with E-state index in [1.165, 1.54) is 37.8 Å². The summed E-state index contributed by atoms with van der Waals surface area (Å²) in [6.07, 6.45) is 9.79. The van der Waals surface area contributed by atoms with Crippen molar-refractivity contribution in [3.63, 3.8) is 0 Å². The molecule has 1 aromatic rings. The molecule has 0 bridgehead atoms. The van der Waals surface area contributed by atoms with Crippen LogP contribution in [-0.2, 0) is 5.41 Å². The smallest absolute Gasteiger partial charge is 0.111 e. The van der Waals surface area contributed by atoms with Gasteiger partial charge in [-0.2, -0.15) is 0 Å². The van der Waals surface area contributed by atoms with E-state index in [-0.39, 0.29) is 5.41 Å². The molecular weight excluding hydrogens is 210 g/mol. The summed E-state index contributed by atoms with van der Waals surface area (Å²) in [6, 6.07) is 0. The normalized spacial score (nSPS) is 18.5. The molecule has 1 aliphatic carbocycles. The maximum atomic E-state index is 5.66. The molecule has 3 N–H and O–H groups in total. The summed E-state index contributed by atoms with van der Waals surface area (Å²) in [4.78, 5) is 8.11. The van der Waals surface area contributed by atoms with Gasteiger partial charge >= 0.3 is 0 Å². The van der Waals surface area contributed by atoms with E-state index in [1.54, 1.807) is 0 Å². The predicted octanol–water partition coefficient (Wildman–Crippen LogP) is 3.08. The van der Waals surface area contributed by atoms with Crippen molar-refractivity contribution in [2.24, 2.45) is 5.73 Å². The maximum absolute atomic E-state index is 5.66. The first kappa shape index (κ1) is 12.6. The standard InChI is InChI=1S/C14H25N3/c1-14(2,8-9-15)13-16-10-12(17-13)11-6-4-3-5-7-11/h10-11H,3-9,15H2,1-2H3,(H,16,17). The summed E-state index contributed by atoms with van der Waals surface area (Å²) in [7, 11) is 0. The molecule has 0 amide bonds. The minimum Gasteiger partial charge on any atom is -0.345 e. The molecule has 1 aliphatic rings. The number of imidazole rings is 1. The van der Waals surface area contributed by atoms with Gasteiger partial charge in [-0.3, -0.25) is 0 Å². The van der Waals surface area contributed by atoms with Crippen molar-refractivity contribution in [3.8, 4) is 0 Å². The van der Waals surface area contributed by atoms with Gasteiger partial charge in [0.2, 0.25) is 0 Å². The molecular formula is C14H25N3. The largest absolute Gasteiger partial charge is 0.345 e. The van der Waals surface area contributed by atoms with Crippen LogP contribution in [0.4, 0.5) is 0 Å². The molecule has 1 saturated carbocycles. The number of H-pyrrole nitrogens is 1. The molecule has 0 radical (unpaired) electrons. The third-order valence-corrected chi connectivity index (χ3v) is 4.05. The number of nitrogens with two attached hydrogens (primary N) is 1. The third-order valence-electron chi connectivity index (χ3n) is 4.05. The van der Waals surface area contributed by atoms with Crippen LogP contribution in [0.3, 0.4) is 0 Å². The van der Waals surface area contributed by atoms with Crippen molar-refractivity contribution < 1.29 is 0 Å². The van der Waals surface area contributed by atoms with E-state index in [0.717, 1.165) is 12.2 Å². The Labute approximate surface area is 104 Å². The zero-order valence-corrected chi connectivity index (χ0v) is 11.1. The highest BCUT2D eigenvalue weighted by atomic mass is 14.9. The quantitative estimate of drug-likeness (QED) is 0.842. The lowest BCUT2D eigenvalue weighted by molar-refractivity contribution is 0.431. The van der Waals surface area contributed by atoms with Crippen LogP contribution in [0.1, 0.15) is 69.8 Å². The summed E-state index contributed by atoms with van der Waals surface area (Å²) < 4.78 is 0. The fraction of sp³-hybridized carbons (Fsp3) is 0.786. The van der Waals surface area contributed by atoms with Crippen molar-refractivity contribution in [2.45, 2.75) is 63.7 Å². The highest BCUT2D eigenvalue weighted by Crippen LogP contribution is 2.33. The number of nitrogens with zero attached hydrogens (tertiary/aromatic N) is 1. The summed E-state index contributed by atoms with van der Waals surface area (Å²) in [5, 5.41) is 0. The van der Waals surface area contributed by atoms with Gasteiger partial charge in [0.25, 0.3) is 0 Å². The first-order valence-electron chi connectivity index (χ1n) is 6.89. The monoisotopic (exact) mass is 235 g/mol. The summed E-state index contributed by atoms with van der Waals surface area (Å²) in [5.41, 5.74) is 7.07. The fourth-order valence-corrected chi connectivity index (χ4v) is 2.78. The number of hydrogen-bond donors (Lipinski definition) is 2. The second-order valence-electron chi connectivity index (χ2n) is 5.94. The number of aromatic nitrogens is 2. The van der Waals surface area contributed by atoms with Gasteiger partial charge in [-0.15, -0.1) is 0 Å². The second-order valence-corrected chi connectivity index (χ2v) is 5.94. The average Bonchev–Trinajstić information content (AvgIpc) is 2.80. The SMILES string of the molecule is CC(C)(CCN)c1ncc(C2CCCCC2)[nH]1. The Morgan fingerprint density at radius 1 is 1.35 bits per heavy atom. The molecule has 0 aromatic carbocycles. The topological polar surface area (TPSA) is 54.7 Å². The summed E-state index contributed by atoms with van der Waals surface area (Å²) in [5.74, 6) is 1.81. The fourth-order valence-electron chi connectivity index (χ4n) is 2.78. The van der Waals surface area contributed by atoms with Gasteiger partial charge in [0.05, 0.1) is 0 Å². The predicted molar refractivity (Wildman–Crippen MR) is 71.1 cm³/mol. The minimum atomic E-state index is 0.0711. The summed E-state index contributed by atoms with van der Waals surface area (Å²) in [6.45, 7) is 5.14. The van der Waals surface area contributed by atoms with Crippen LogP contribution in [0, 0.1) is 0 Å². The van der Waals surface area contributed by atoms with Gasteiger partial charge in [-0.1, -0.05) is 33.1 Å². The summed E-state index contributed by atoms with van der Waals surface area (Å²) >= 11 is 0. The van der Waals surface area contributed by atoms with Crippen LogP contribution in [-0.4, -0.2) is 16.5 Å². The van der Waals surface area contributed by atoms with E-state index in [1.807, 2.05) is 6.20 Å². The van der Waals surface area contributed by atoms with Gasteiger partial charge in [-0.05, 0) is 25.8 Å². The van der Waals surface area contributed by atoms with Crippen LogP contribution in [0.15, 0.2) is 6.20 Å². The average molecular weight is 235 g/mol. The van der Waals surface area contributed by atoms with Crippen LogP contribution in [0.5, 0.6) is 0 Å². The molecule has 0 unspecified atom stereocenters. The molecule has 96 valence electrons. The molecule has 3 heteroatoms. The Morgan fingerprint density at radius 3 is 2.71 bits per heavy atom. The minimum absolute atomic E-state index is 0.0711. The van der Waals surface area contributed by atoms with Crippen molar-refractivity contribution in [1.82, 2.24) is 9.97 Å². The molecule has 17 heavy (non-hydrogen) atoms. The van der Waals surface area contributed by atoms with Gasteiger partial charge < -0.3 is 10.7 Å². The highest BCUT2D eigenvalue weighted by Gasteiger charge is 2.25. The van der Waals surface area contributed by atoms with Crippen molar-refractivity contribution in [3.05, 3.63) is 17.7 Å². The van der Waals surface area contributed by atoms with Crippen LogP contribution >= 0.6 is 0 Å². The van der Waals surface area contributed by atoms with E-state index in [9.17, 15) is 0 Å². The molecule has 0 aliphatic heterocycles. The van der Waals surface area contributed by atoms with Gasteiger partial charge in [0.1, 0.15) is 5.82 Å². The Bertz CT molecular complexity index is 348. The van der Waals surface area contributed by atoms with Gasteiger partial charge in [-0.25, -0.2) is 4.98 Å². The number of hydrogen-bond acceptors (Lipinski definition) is 2. The van der Waals surface area contributed by atoms with Crippen LogP contribution < -0.4 is 5.73 Å².